The standard InChI is InChI=1S/C34H43N7O5S2/c1-23(2)19-30(33(43)37-28(7-4-5-17-35)22-48(44,45)41-26-13-15-29(46-3)16-14-26)39-32(42)25-11-9-24(10-12-25)31-21-47-34(40-31)38-27-8-6-18-36-20-27/h6,8-16,18,20-21,23,28,30,41H,4-5,7,17,19,22,35H2,1-3H3,(H,37,43)(H,38,40)(H,39,42)/t28?,30-/m0/s1. The predicted molar refractivity (Wildman–Crippen MR) is 191 cm³/mol. The minimum absolute atomic E-state index is 0.0822. The molecule has 0 saturated carbocycles. The second-order valence-electron chi connectivity index (χ2n) is 11.7. The molecule has 0 aliphatic carbocycles. The zero-order valence-corrected chi connectivity index (χ0v) is 28.9. The molecule has 48 heavy (non-hydrogen) atoms. The van der Waals surface area contributed by atoms with Gasteiger partial charge in [-0.1, -0.05) is 32.4 Å². The molecule has 0 fully saturated rings. The molecule has 2 heterocycles. The van der Waals surface area contributed by atoms with E-state index in [0.29, 0.717) is 54.4 Å². The monoisotopic (exact) mass is 693 g/mol. The molecule has 2 amide bonds. The molecular weight excluding hydrogens is 651 g/mol. The van der Waals surface area contributed by atoms with Gasteiger partial charge in [-0.15, -0.1) is 11.3 Å². The molecule has 0 aliphatic heterocycles. The number of aromatic nitrogens is 2. The Balaban J connectivity index is 1.41. The molecule has 0 radical (unpaired) electrons. The summed E-state index contributed by atoms with van der Waals surface area (Å²) in [5.41, 5.74) is 8.87. The van der Waals surface area contributed by atoms with E-state index < -0.39 is 33.9 Å². The van der Waals surface area contributed by atoms with Crippen LogP contribution < -0.4 is 31.1 Å². The van der Waals surface area contributed by atoms with Gasteiger partial charge in [-0.2, -0.15) is 0 Å². The van der Waals surface area contributed by atoms with E-state index in [1.807, 2.05) is 43.5 Å². The molecule has 0 saturated heterocycles. The number of unbranched alkanes of at least 4 members (excludes halogenated alkanes) is 1. The van der Waals surface area contributed by atoms with Crippen LogP contribution in [0.1, 0.15) is 49.9 Å². The van der Waals surface area contributed by atoms with Crippen molar-refractivity contribution in [2.24, 2.45) is 11.7 Å². The largest absolute Gasteiger partial charge is 0.497 e. The number of pyridine rings is 1. The number of nitrogens with zero attached hydrogens (tertiary/aromatic N) is 2. The third-order valence-electron chi connectivity index (χ3n) is 7.33. The number of hydrogen-bond donors (Lipinski definition) is 5. The molecule has 14 heteroatoms. The second-order valence-corrected chi connectivity index (χ2v) is 14.4. The lowest BCUT2D eigenvalue weighted by molar-refractivity contribution is -0.124. The van der Waals surface area contributed by atoms with Crippen LogP contribution in [0.4, 0.5) is 16.5 Å². The van der Waals surface area contributed by atoms with E-state index in [1.165, 1.54) is 18.4 Å². The van der Waals surface area contributed by atoms with Crippen LogP contribution in [0.3, 0.4) is 0 Å². The number of hydrogen-bond acceptors (Lipinski definition) is 10. The normalized spacial score (nSPS) is 12.6. The van der Waals surface area contributed by atoms with Crippen LogP contribution in [0.15, 0.2) is 78.4 Å². The Morgan fingerprint density at radius 1 is 0.979 bits per heavy atom. The van der Waals surface area contributed by atoms with Gasteiger partial charge in [-0.25, -0.2) is 13.4 Å². The van der Waals surface area contributed by atoms with Gasteiger partial charge in [0.1, 0.15) is 11.8 Å². The van der Waals surface area contributed by atoms with Crippen molar-refractivity contribution in [1.82, 2.24) is 20.6 Å². The average molecular weight is 694 g/mol. The third kappa shape index (κ3) is 11.3. The number of rotatable bonds is 18. The summed E-state index contributed by atoms with van der Waals surface area (Å²) in [5.74, 6) is -0.508. The van der Waals surface area contributed by atoms with E-state index in [-0.39, 0.29) is 11.7 Å². The Kier molecular flexibility index (Phi) is 13.3. The van der Waals surface area contributed by atoms with Crippen molar-refractivity contribution in [1.29, 1.82) is 0 Å². The number of ether oxygens (including phenoxy) is 1. The maximum absolute atomic E-state index is 13.6. The lowest BCUT2D eigenvalue weighted by Crippen LogP contribution is -2.51. The lowest BCUT2D eigenvalue weighted by atomic mass is 10.0. The van der Waals surface area contributed by atoms with Crippen molar-refractivity contribution in [3.63, 3.8) is 0 Å². The molecule has 12 nitrogen and oxygen atoms in total. The molecule has 1 unspecified atom stereocenters. The predicted octanol–water partition coefficient (Wildman–Crippen LogP) is 5.16. The summed E-state index contributed by atoms with van der Waals surface area (Å²) >= 11 is 1.46. The van der Waals surface area contributed by atoms with Crippen LogP contribution in [0, 0.1) is 5.92 Å². The van der Waals surface area contributed by atoms with E-state index in [2.05, 4.69) is 30.6 Å². The molecule has 0 spiro atoms. The third-order valence-corrected chi connectivity index (χ3v) is 9.47. The number of sulfonamides is 1. The molecule has 4 aromatic rings. The van der Waals surface area contributed by atoms with E-state index in [4.69, 9.17) is 10.5 Å². The maximum atomic E-state index is 13.6. The van der Waals surface area contributed by atoms with Crippen molar-refractivity contribution in [3.05, 3.63) is 84.0 Å². The van der Waals surface area contributed by atoms with Crippen molar-refractivity contribution in [2.75, 3.05) is 29.4 Å². The molecule has 2 atom stereocenters. The molecule has 6 N–H and O–H groups in total. The number of benzene rings is 2. The zero-order valence-electron chi connectivity index (χ0n) is 27.3. The number of methoxy groups -OCH3 is 1. The fourth-order valence-corrected chi connectivity index (χ4v) is 7.04. The number of carbonyl (C=O) groups excluding carboxylic acids is 2. The quantitative estimate of drug-likeness (QED) is 0.0881. The number of carbonyl (C=O) groups is 2. The zero-order chi connectivity index (χ0) is 34.5. The SMILES string of the molecule is COc1ccc(NS(=O)(=O)CC(CCCCN)NC(=O)[C@H](CC(C)C)NC(=O)c2ccc(-c3csc(Nc4cccnc4)n3)cc2)cc1. The van der Waals surface area contributed by atoms with Crippen LogP contribution in [0.2, 0.25) is 0 Å². The minimum atomic E-state index is -3.83. The summed E-state index contributed by atoms with van der Waals surface area (Å²) in [7, 11) is -2.30. The van der Waals surface area contributed by atoms with Crippen molar-refractivity contribution in [2.45, 2.75) is 51.6 Å². The highest BCUT2D eigenvalue weighted by Crippen LogP contribution is 2.27. The van der Waals surface area contributed by atoms with Gasteiger partial charge in [-0.3, -0.25) is 19.3 Å². The van der Waals surface area contributed by atoms with Crippen molar-refractivity contribution in [3.8, 4) is 17.0 Å². The first-order chi connectivity index (χ1) is 23.0. The Hall–Kier alpha value is -4.53. The summed E-state index contributed by atoms with van der Waals surface area (Å²) in [5, 5.41) is 11.6. The Bertz CT molecular complexity index is 1710. The van der Waals surface area contributed by atoms with Crippen LogP contribution in [-0.4, -0.2) is 61.7 Å². The van der Waals surface area contributed by atoms with E-state index >= 15 is 0 Å². The van der Waals surface area contributed by atoms with Gasteiger partial charge in [0.15, 0.2) is 5.13 Å². The number of nitrogens with one attached hydrogen (secondary N) is 4. The molecule has 0 bridgehead atoms. The molecule has 2 aromatic carbocycles. The van der Waals surface area contributed by atoms with Crippen LogP contribution in [0.25, 0.3) is 11.3 Å². The number of anilines is 3. The number of nitrogens with two attached hydrogens (primary N) is 1. The highest BCUT2D eigenvalue weighted by Gasteiger charge is 2.27. The maximum Gasteiger partial charge on any atom is 0.251 e. The first kappa shape index (κ1) is 36.3. The van der Waals surface area contributed by atoms with Crippen LogP contribution >= 0.6 is 11.3 Å². The second kappa shape index (κ2) is 17.6. The molecule has 256 valence electrons. The topological polar surface area (TPSA) is 177 Å². The van der Waals surface area contributed by atoms with Gasteiger partial charge in [0, 0.05) is 34.4 Å². The summed E-state index contributed by atoms with van der Waals surface area (Å²) in [6.07, 6.45) is 5.51. The van der Waals surface area contributed by atoms with Crippen LogP contribution in [0.5, 0.6) is 5.75 Å². The Labute approximate surface area is 286 Å². The van der Waals surface area contributed by atoms with Crippen molar-refractivity contribution >= 4 is 49.7 Å². The number of thiazole rings is 1. The summed E-state index contributed by atoms with van der Waals surface area (Å²) in [6, 6.07) is 15.7. The average Bonchev–Trinajstić information content (AvgIpc) is 3.53. The summed E-state index contributed by atoms with van der Waals surface area (Å²) < 4.78 is 33.9. The molecular formula is C34H43N7O5S2. The summed E-state index contributed by atoms with van der Waals surface area (Å²) in [4.78, 5) is 35.6. The Morgan fingerprint density at radius 3 is 2.38 bits per heavy atom. The van der Waals surface area contributed by atoms with E-state index in [9.17, 15) is 18.0 Å². The highest BCUT2D eigenvalue weighted by atomic mass is 32.2. The van der Waals surface area contributed by atoms with Gasteiger partial charge in [0.25, 0.3) is 5.91 Å². The fourth-order valence-electron chi connectivity index (χ4n) is 4.94. The summed E-state index contributed by atoms with van der Waals surface area (Å²) in [6.45, 7) is 4.36. The Morgan fingerprint density at radius 2 is 1.73 bits per heavy atom. The van der Waals surface area contributed by atoms with Crippen molar-refractivity contribution < 1.29 is 22.7 Å². The van der Waals surface area contributed by atoms with Gasteiger partial charge in [0.2, 0.25) is 15.9 Å². The molecule has 4 rings (SSSR count). The van der Waals surface area contributed by atoms with Gasteiger partial charge >= 0.3 is 0 Å². The van der Waals surface area contributed by atoms with E-state index in [0.717, 1.165) is 16.9 Å². The smallest absolute Gasteiger partial charge is 0.251 e. The van der Waals surface area contributed by atoms with E-state index in [1.54, 1.807) is 48.8 Å². The van der Waals surface area contributed by atoms with Gasteiger partial charge in [0.05, 0.1) is 30.4 Å². The molecule has 0 aliphatic rings. The minimum Gasteiger partial charge on any atom is -0.497 e. The fraction of sp³-hybridized carbons (Fsp3) is 0.353. The first-order valence-corrected chi connectivity index (χ1v) is 18.3. The highest BCUT2D eigenvalue weighted by molar-refractivity contribution is 7.92. The first-order valence-electron chi connectivity index (χ1n) is 15.7. The van der Waals surface area contributed by atoms with Gasteiger partial charge < -0.3 is 26.4 Å². The van der Waals surface area contributed by atoms with Gasteiger partial charge in [-0.05, 0) is 80.3 Å². The van der Waals surface area contributed by atoms with Crippen LogP contribution in [-0.2, 0) is 14.8 Å². The lowest BCUT2D eigenvalue weighted by Gasteiger charge is -2.25. The molecule has 2 aromatic heterocycles. The number of amides is 2.